The maximum atomic E-state index is 10.1. The van der Waals surface area contributed by atoms with E-state index in [9.17, 15) is 10.2 Å². The minimum atomic E-state index is 0.301. The minimum Gasteiger partial charge on any atom is -0.508 e. The zero-order valence-corrected chi connectivity index (χ0v) is 14.4. The van der Waals surface area contributed by atoms with Gasteiger partial charge in [-0.15, -0.1) is 0 Å². The fourth-order valence-electron chi connectivity index (χ4n) is 2.97. The quantitative estimate of drug-likeness (QED) is 0.692. The van der Waals surface area contributed by atoms with Crippen molar-refractivity contribution in [3.8, 4) is 11.5 Å². The second-order valence-electron chi connectivity index (χ2n) is 6.33. The van der Waals surface area contributed by atoms with Crippen molar-refractivity contribution in [1.29, 1.82) is 0 Å². The Hall–Kier alpha value is -2.78. The summed E-state index contributed by atoms with van der Waals surface area (Å²) in [4.78, 5) is 2.23. The van der Waals surface area contributed by atoms with Crippen LogP contribution in [0.15, 0.2) is 72.8 Å². The molecule has 0 aliphatic rings. The molecule has 3 heteroatoms. The van der Waals surface area contributed by atoms with Crippen molar-refractivity contribution in [2.24, 2.45) is 0 Å². The first kappa shape index (κ1) is 17.1. The summed E-state index contributed by atoms with van der Waals surface area (Å²) in [5.41, 5.74) is 4.24. The SMILES string of the molecule is Cc1ccccc1CN(Cc1ccccc1O)Cc1ccccc1O. The normalized spacial score (nSPS) is 11.0. The predicted octanol–water partition coefficient (Wildman–Crippen LogP) is 4.61. The van der Waals surface area contributed by atoms with Crippen LogP contribution in [0.4, 0.5) is 0 Å². The van der Waals surface area contributed by atoms with Gasteiger partial charge in [0.05, 0.1) is 0 Å². The maximum Gasteiger partial charge on any atom is 0.120 e. The lowest BCUT2D eigenvalue weighted by atomic mass is 10.1. The van der Waals surface area contributed by atoms with E-state index in [1.54, 1.807) is 12.1 Å². The van der Waals surface area contributed by atoms with Crippen LogP contribution in [0.5, 0.6) is 11.5 Å². The van der Waals surface area contributed by atoms with Gasteiger partial charge >= 0.3 is 0 Å². The molecule has 0 spiro atoms. The summed E-state index contributed by atoms with van der Waals surface area (Å²) in [5.74, 6) is 0.601. The first-order valence-corrected chi connectivity index (χ1v) is 8.44. The second kappa shape index (κ2) is 7.86. The van der Waals surface area contributed by atoms with Crippen LogP contribution in [-0.4, -0.2) is 15.1 Å². The fraction of sp³-hybridized carbons (Fsp3) is 0.182. The summed E-state index contributed by atoms with van der Waals surface area (Å²) in [7, 11) is 0. The molecule has 0 saturated heterocycles. The summed E-state index contributed by atoms with van der Waals surface area (Å²) in [5, 5.41) is 20.2. The minimum absolute atomic E-state index is 0.301. The van der Waals surface area contributed by atoms with E-state index in [1.165, 1.54) is 11.1 Å². The van der Waals surface area contributed by atoms with Crippen LogP contribution in [0.1, 0.15) is 22.3 Å². The number of phenolic OH excluding ortho intramolecular Hbond substituents is 2. The van der Waals surface area contributed by atoms with E-state index in [2.05, 4.69) is 24.0 Å². The van der Waals surface area contributed by atoms with Crippen LogP contribution in [0.3, 0.4) is 0 Å². The van der Waals surface area contributed by atoms with Crippen LogP contribution in [0.2, 0.25) is 0 Å². The molecule has 3 aromatic carbocycles. The Balaban J connectivity index is 1.86. The Morgan fingerprint density at radius 3 is 1.48 bits per heavy atom. The Bertz CT molecular complexity index is 732. The molecule has 0 unspecified atom stereocenters. The van der Waals surface area contributed by atoms with E-state index in [1.807, 2.05) is 48.5 Å². The Kier molecular flexibility index (Phi) is 5.36. The maximum absolute atomic E-state index is 10.1. The van der Waals surface area contributed by atoms with Gasteiger partial charge in [0.15, 0.2) is 0 Å². The van der Waals surface area contributed by atoms with Crippen LogP contribution in [0, 0.1) is 6.92 Å². The van der Waals surface area contributed by atoms with Gasteiger partial charge in [-0.25, -0.2) is 0 Å². The summed E-state index contributed by atoms with van der Waals surface area (Å²) >= 11 is 0. The van der Waals surface area contributed by atoms with Gasteiger partial charge in [0.2, 0.25) is 0 Å². The summed E-state index contributed by atoms with van der Waals surface area (Å²) in [6.07, 6.45) is 0. The number of aryl methyl sites for hydroxylation is 1. The molecule has 3 nitrogen and oxygen atoms in total. The molecular weight excluding hydrogens is 310 g/mol. The topological polar surface area (TPSA) is 43.7 Å². The highest BCUT2D eigenvalue weighted by Gasteiger charge is 2.13. The van der Waals surface area contributed by atoms with E-state index in [-0.39, 0.29) is 0 Å². The highest BCUT2D eigenvalue weighted by Crippen LogP contribution is 2.24. The first-order chi connectivity index (χ1) is 12.1. The number of para-hydroxylation sites is 2. The number of benzene rings is 3. The third-order valence-electron chi connectivity index (χ3n) is 4.43. The number of phenols is 2. The molecule has 3 rings (SSSR count). The van der Waals surface area contributed by atoms with Crippen molar-refractivity contribution in [3.63, 3.8) is 0 Å². The summed E-state index contributed by atoms with van der Waals surface area (Å²) in [6.45, 7) is 4.06. The molecule has 0 amide bonds. The summed E-state index contributed by atoms with van der Waals surface area (Å²) in [6, 6.07) is 23.1. The third-order valence-corrected chi connectivity index (χ3v) is 4.43. The van der Waals surface area contributed by atoms with Crippen molar-refractivity contribution in [2.45, 2.75) is 26.6 Å². The standard InChI is InChI=1S/C22H23NO2/c1-17-8-2-3-9-18(17)14-23(15-19-10-4-6-12-21(19)24)16-20-11-5-7-13-22(20)25/h2-13,24-25H,14-16H2,1H3. The van der Waals surface area contributed by atoms with Crippen molar-refractivity contribution >= 4 is 0 Å². The zero-order chi connectivity index (χ0) is 17.6. The molecule has 3 aromatic rings. The molecule has 0 aliphatic carbocycles. The van der Waals surface area contributed by atoms with E-state index in [4.69, 9.17) is 0 Å². The highest BCUT2D eigenvalue weighted by atomic mass is 16.3. The van der Waals surface area contributed by atoms with Gasteiger partial charge in [0.25, 0.3) is 0 Å². The van der Waals surface area contributed by atoms with Crippen molar-refractivity contribution in [3.05, 3.63) is 95.1 Å². The lowest BCUT2D eigenvalue weighted by Gasteiger charge is -2.24. The van der Waals surface area contributed by atoms with Crippen LogP contribution < -0.4 is 0 Å². The predicted molar refractivity (Wildman–Crippen MR) is 100 cm³/mol. The molecule has 0 aromatic heterocycles. The van der Waals surface area contributed by atoms with Gasteiger partial charge in [-0.1, -0.05) is 60.7 Å². The van der Waals surface area contributed by atoms with E-state index < -0.39 is 0 Å². The van der Waals surface area contributed by atoms with E-state index in [0.717, 1.165) is 17.7 Å². The van der Waals surface area contributed by atoms with Crippen molar-refractivity contribution < 1.29 is 10.2 Å². The molecule has 0 heterocycles. The Morgan fingerprint density at radius 2 is 1.00 bits per heavy atom. The first-order valence-electron chi connectivity index (χ1n) is 8.44. The molecular formula is C22H23NO2. The molecule has 128 valence electrons. The number of rotatable bonds is 6. The van der Waals surface area contributed by atoms with Crippen LogP contribution in [0.25, 0.3) is 0 Å². The smallest absolute Gasteiger partial charge is 0.120 e. The van der Waals surface area contributed by atoms with Gasteiger partial charge in [-0.2, -0.15) is 0 Å². The van der Waals surface area contributed by atoms with Gasteiger partial charge < -0.3 is 10.2 Å². The lowest BCUT2D eigenvalue weighted by Crippen LogP contribution is -2.23. The van der Waals surface area contributed by atoms with Gasteiger partial charge in [-0.3, -0.25) is 4.90 Å². The molecule has 0 bridgehead atoms. The number of hydrogen-bond acceptors (Lipinski definition) is 3. The highest BCUT2D eigenvalue weighted by molar-refractivity contribution is 5.34. The average Bonchev–Trinajstić information content (AvgIpc) is 2.61. The second-order valence-corrected chi connectivity index (χ2v) is 6.33. The zero-order valence-electron chi connectivity index (χ0n) is 14.4. The average molecular weight is 333 g/mol. The van der Waals surface area contributed by atoms with E-state index in [0.29, 0.717) is 24.6 Å². The molecule has 0 aliphatic heterocycles. The molecule has 25 heavy (non-hydrogen) atoms. The summed E-state index contributed by atoms with van der Waals surface area (Å²) < 4.78 is 0. The molecule has 2 N–H and O–H groups in total. The number of hydrogen-bond donors (Lipinski definition) is 2. The van der Waals surface area contributed by atoms with Gasteiger partial charge in [0, 0.05) is 30.8 Å². The molecule has 0 atom stereocenters. The van der Waals surface area contributed by atoms with Crippen LogP contribution in [-0.2, 0) is 19.6 Å². The fourth-order valence-corrected chi connectivity index (χ4v) is 2.97. The van der Waals surface area contributed by atoms with Crippen molar-refractivity contribution in [2.75, 3.05) is 0 Å². The molecule has 0 fully saturated rings. The van der Waals surface area contributed by atoms with Crippen molar-refractivity contribution in [1.82, 2.24) is 4.90 Å². The number of nitrogens with zero attached hydrogens (tertiary/aromatic N) is 1. The lowest BCUT2D eigenvalue weighted by molar-refractivity contribution is 0.240. The molecule has 0 radical (unpaired) electrons. The van der Waals surface area contributed by atoms with Gasteiger partial charge in [-0.05, 0) is 30.2 Å². The Labute approximate surface area is 148 Å². The monoisotopic (exact) mass is 333 g/mol. The van der Waals surface area contributed by atoms with Gasteiger partial charge in [0.1, 0.15) is 11.5 Å². The Morgan fingerprint density at radius 1 is 0.600 bits per heavy atom. The van der Waals surface area contributed by atoms with Crippen LogP contribution >= 0.6 is 0 Å². The largest absolute Gasteiger partial charge is 0.508 e. The third kappa shape index (κ3) is 4.40. The molecule has 0 saturated carbocycles. The van der Waals surface area contributed by atoms with E-state index >= 15 is 0 Å². The number of aromatic hydroxyl groups is 2.